The predicted octanol–water partition coefficient (Wildman–Crippen LogP) is 2.77. The molecule has 0 radical (unpaired) electrons. The molecule has 0 bridgehead atoms. The Kier molecular flexibility index (Phi) is 3.10. The maximum Gasteiger partial charge on any atom is 0.147 e. The van der Waals surface area contributed by atoms with Crippen LogP contribution in [0.4, 0.5) is 11.5 Å². The summed E-state index contributed by atoms with van der Waals surface area (Å²) >= 11 is 1.69. The summed E-state index contributed by atoms with van der Waals surface area (Å²) in [6.07, 6.45) is 3.96. The average molecular weight is 270 g/mol. The number of nitrogens with two attached hydrogens (primary N) is 1. The Morgan fingerprint density at radius 3 is 3.00 bits per heavy atom. The number of rotatable bonds is 4. The normalized spacial score (nSPS) is 14.1. The van der Waals surface area contributed by atoms with Crippen LogP contribution in [0.25, 0.3) is 0 Å². The summed E-state index contributed by atoms with van der Waals surface area (Å²) in [5.74, 6) is 0.755. The summed E-state index contributed by atoms with van der Waals surface area (Å²) in [6.45, 7) is 0.805. The van der Waals surface area contributed by atoms with E-state index in [0.29, 0.717) is 17.3 Å². The summed E-state index contributed by atoms with van der Waals surface area (Å²) in [6, 6.07) is 6.51. The first-order valence-electron chi connectivity index (χ1n) is 6.21. The van der Waals surface area contributed by atoms with E-state index in [1.165, 1.54) is 18.4 Å². The molecule has 1 fully saturated rings. The van der Waals surface area contributed by atoms with Crippen molar-refractivity contribution in [1.29, 1.82) is 5.26 Å². The third kappa shape index (κ3) is 2.54. The lowest BCUT2D eigenvalue weighted by Gasteiger charge is -2.24. The fourth-order valence-electron chi connectivity index (χ4n) is 2.13. The number of nitriles is 1. The van der Waals surface area contributed by atoms with Crippen LogP contribution in [0.2, 0.25) is 0 Å². The minimum atomic E-state index is 0.503. The molecular weight excluding hydrogens is 256 g/mol. The summed E-state index contributed by atoms with van der Waals surface area (Å²) in [4.78, 5) is 6.60. The molecule has 4 nitrogen and oxygen atoms in total. The molecule has 2 N–H and O–H groups in total. The molecule has 1 aliphatic rings. The summed E-state index contributed by atoms with van der Waals surface area (Å²) in [7, 11) is 0. The van der Waals surface area contributed by atoms with Crippen molar-refractivity contribution in [1.82, 2.24) is 4.98 Å². The highest BCUT2D eigenvalue weighted by Crippen LogP contribution is 2.34. The van der Waals surface area contributed by atoms with Gasteiger partial charge in [-0.05, 0) is 41.3 Å². The van der Waals surface area contributed by atoms with Gasteiger partial charge in [0.2, 0.25) is 0 Å². The molecule has 0 saturated heterocycles. The quantitative estimate of drug-likeness (QED) is 0.927. The molecule has 0 atom stereocenters. The first-order chi connectivity index (χ1) is 9.28. The zero-order valence-electron chi connectivity index (χ0n) is 10.4. The van der Waals surface area contributed by atoms with E-state index in [0.717, 1.165) is 12.4 Å². The Hall–Kier alpha value is -2.06. The third-order valence-electron chi connectivity index (χ3n) is 3.20. The topological polar surface area (TPSA) is 65.9 Å². The summed E-state index contributed by atoms with van der Waals surface area (Å²) < 4.78 is 0. The third-order valence-corrected chi connectivity index (χ3v) is 3.93. The number of aromatic nitrogens is 1. The van der Waals surface area contributed by atoms with Gasteiger partial charge in [-0.2, -0.15) is 16.6 Å². The molecule has 19 heavy (non-hydrogen) atoms. The highest BCUT2D eigenvalue weighted by atomic mass is 32.1. The van der Waals surface area contributed by atoms with Crippen LogP contribution < -0.4 is 10.6 Å². The number of nitrogen functional groups attached to an aromatic ring is 1. The lowest BCUT2D eigenvalue weighted by atomic mass is 10.2. The second-order valence-electron chi connectivity index (χ2n) is 4.74. The van der Waals surface area contributed by atoms with Crippen molar-refractivity contribution in [3.63, 3.8) is 0 Å². The van der Waals surface area contributed by atoms with Crippen LogP contribution >= 0.6 is 11.3 Å². The molecule has 0 unspecified atom stereocenters. The first-order valence-corrected chi connectivity index (χ1v) is 7.15. The second-order valence-corrected chi connectivity index (χ2v) is 5.52. The first kappa shape index (κ1) is 12.0. The summed E-state index contributed by atoms with van der Waals surface area (Å²) in [5, 5.41) is 13.5. The number of hydrogen-bond donors (Lipinski definition) is 1. The van der Waals surface area contributed by atoms with Gasteiger partial charge in [0.15, 0.2) is 0 Å². The van der Waals surface area contributed by atoms with Crippen LogP contribution in [-0.4, -0.2) is 11.0 Å². The van der Waals surface area contributed by atoms with Gasteiger partial charge in [0, 0.05) is 12.6 Å². The number of thiophene rings is 1. The highest BCUT2D eigenvalue weighted by molar-refractivity contribution is 7.07. The molecule has 0 aromatic carbocycles. The Morgan fingerprint density at radius 2 is 2.37 bits per heavy atom. The van der Waals surface area contributed by atoms with Crippen molar-refractivity contribution in [3.05, 3.63) is 40.2 Å². The SMILES string of the molecule is N#Cc1cc(N)cnc1N(Cc1ccsc1)C1CC1. The van der Waals surface area contributed by atoms with Gasteiger partial charge in [0.25, 0.3) is 0 Å². The molecule has 0 amide bonds. The predicted molar refractivity (Wildman–Crippen MR) is 76.9 cm³/mol. The summed E-state index contributed by atoms with van der Waals surface area (Å²) in [5.41, 5.74) is 8.06. The van der Waals surface area contributed by atoms with E-state index >= 15 is 0 Å². The Labute approximate surface area is 116 Å². The number of pyridine rings is 1. The van der Waals surface area contributed by atoms with Gasteiger partial charge >= 0.3 is 0 Å². The van der Waals surface area contributed by atoms with E-state index in [4.69, 9.17) is 5.73 Å². The van der Waals surface area contributed by atoms with Gasteiger partial charge in [0.1, 0.15) is 11.9 Å². The molecule has 96 valence electrons. The zero-order valence-corrected chi connectivity index (χ0v) is 11.2. The van der Waals surface area contributed by atoms with E-state index in [2.05, 4.69) is 32.8 Å². The lowest BCUT2D eigenvalue weighted by molar-refractivity contribution is 0.779. The van der Waals surface area contributed by atoms with Crippen LogP contribution in [0, 0.1) is 11.3 Å². The Balaban J connectivity index is 1.94. The van der Waals surface area contributed by atoms with E-state index in [-0.39, 0.29) is 0 Å². The highest BCUT2D eigenvalue weighted by Gasteiger charge is 2.31. The standard InChI is InChI=1S/C14H14N4S/c15-6-11-5-12(16)7-17-14(11)18(13-1-2-13)8-10-3-4-19-9-10/h3-5,7,9,13H,1-2,8,16H2. The molecule has 2 aromatic rings. The molecule has 1 aliphatic carbocycles. The van der Waals surface area contributed by atoms with E-state index in [1.54, 1.807) is 23.6 Å². The minimum absolute atomic E-state index is 0.503. The largest absolute Gasteiger partial charge is 0.397 e. The monoisotopic (exact) mass is 270 g/mol. The van der Waals surface area contributed by atoms with Crippen LogP contribution in [-0.2, 0) is 6.54 Å². The van der Waals surface area contributed by atoms with Crippen LogP contribution in [0.15, 0.2) is 29.1 Å². The lowest BCUT2D eigenvalue weighted by Crippen LogP contribution is -2.26. The molecule has 3 rings (SSSR count). The van der Waals surface area contributed by atoms with Crippen molar-refractivity contribution in [2.45, 2.75) is 25.4 Å². The van der Waals surface area contributed by atoms with Gasteiger partial charge in [-0.1, -0.05) is 0 Å². The van der Waals surface area contributed by atoms with E-state index < -0.39 is 0 Å². The van der Waals surface area contributed by atoms with E-state index in [9.17, 15) is 5.26 Å². The smallest absolute Gasteiger partial charge is 0.147 e. The number of anilines is 2. The minimum Gasteiger partial charge on any atom is -0.397 e. The molecule has 0 spiro atoms. The van der Waals surface area contributed by atoms with Crippen molar-refractivity contribution >= 4 is 22.8 Å². The number of nitrogens with zero attached hydrogens (tertiary/aromatic N) is 3. The van der Waals surface area contributed by atoms with Crippen molar-refractivity contribution in [2.75, 3.05) is 10.6 Å². The van der Waals surface area contributed by atoms with Crippen molar-refractivity contribution in [3.8, 4) is 6.07 Å². The molecule has 1 saturated carbocycles. The van der Waals surface area contributed by atoms with Gasteiger partial charge in [-0.3, -0.25) is 0 Å². The maximum atomic E-state index is 9.25. The molecular formula is C14H14N4S. The molecule has 0 aliphatic heterocycles. The van der Waals surface area contributed by atoms with Gasteiger partial charge in [0.05, 0.1) is 17.4 Å². The van der Waals surface area contributed by atoms with Gasteiger partial charge in [-0.15, -0.1) is 0 Å². The Bertz CT molecular complexity index is 611. The molecule has 2 aromatic heterocycles. The van der Waals surface area contributed by atoms with Crippen LogP contribution in [0.1, 0.15) is 24.0 Å². The van der Waals surface area contributed by atoms with Crippen LogP contribution in [0.5, 0.6) is 0 Å². The van der Waals surface area contributed by atoms with Crippen molar-refractivity contribution < 1.29 is 0 Å². The molecule has 5 heteroatoms. The second kappa shape index (κ2) is 4.90. The van der Waals surface area contributed by atoms with Gasteiger partial charge in [-0.25, -0.2) is 4.98 Å². The fourth-order valence-corrected chi connectivity index (χ4v) is 2.79. The maximum absolute atomic E-state index is 9.25. The Morgan fingerprint density at radius 1 is 1.53 bits per heavy atom. The van der Waals surface area contributed by atoms with Gasteiger partial charge < -0.3 is 10.6 Å². The average Bonchev–Trinajstić information content (AvgIpc) is 3.13. The van der Waals surface area contributed by atoms with E-state index in [1.807, 2.05) is 0 Å². The number of hydrogen-bond acceptors (Lipinski definition) is 5. The fraction of sp³-hybridized carbons (Fsp3) is 0.286. The molecule has 2 heterocycles. The van der Waals surface area contributed by atoms with Crippen molar-refractivity contribution in [2.24, 2.45) is 0 Å². The zero-order chi connectivity index (χ0) is 13.2. The van der Waals surface area contributed by atoms with Crippen LogP contribution in [0.3, 0.4) is 0 Å².